The van der Waals surface area contributed by atoms with Gasteiger partial charge in [-0.15, -0.1) is 0 Å². The summed E-state index contributed by atoms with van der Waals surface area (Å²) in [5, 5.41) is 19.8. The molecule has 166 valence electrons. The average molecular weight is 433 g/mol. The van der Waals surface area contributed by atoms with Crippen molar-refractivity contribution in [1.82, 2.24) is 0 Å². The van der Waals surface area contributed by atoms with Crippen molar-refractivity contribution in [2.75, 3.05) is 0 Å². The van der Waals surface area contributed by atoms with E-state index >= 15 is 0 Å². The lowest BCUT2D eigenvalue weighted by Gasteiger charge is -2.11. The Balaban J connectivity index is 1.73. The van der Waals surface area contributed by atoms with Crippen molar-refractivity contribution in [3.63, 3.8) is 0 Å². The van der Waals surface area contributed by atoms with E-state index in [1.807, 2.05) is 13.0 Å². The number of hydrogen-bond acceptors (Lipinski definition) is 4. The molecule has 4 nitrogen and oxygen atoms in total. The summed E-state index contributed by atoms with van der Waals surface area (Å²) in [5.41, 5.74) is 0.699. The smallest absolute Gasteiger partial charge is 0.210 e. The number of phenols is 1. The highest BCUT2D eigenvalue weighted by atomic mass is 32.2. The van der Waals surface area contributed by atoms with Crippen molar-refractivity contribution in [2.45, 2.75) is 93.4 Å². The van der Waals surface area contributed by atoms with Gasteiger partial charge in [0.1, 0.15) is 10.6 Å². The molecule has 0 bridgehead atoms. The van der Waals surface area contributed by atoms with Crippen LogP contribution in [0.4, 0.5) is 0 Å². The van der Waals surface area contributed by atoms with Gasteiger partial charge in [-0.25, -0.2) is 8.42 Å². The van der Waals surface area contributed by atoms with Crippen LogP contribution in [0.25, 0.3) is 0 Å². The molecule has 0 aliphatic carbocycles. The van der Waals surface area contributed by atoms with Crippen LogP contribution >= 0.6 is 0 Å². The summed E-state index contributed by atoms with van der Waals surface area (Å²) in [5.74, 6) is -0.112. The minimum absolute atomic E-state index is 0.0122. The van der Waals surface area contributed by atoms with Crippen LogP contribution in [0.5, 0.6) is 5.75 Å². The van der Waals surface area contributed by atoms with E-state index in [9.17, 15) is 18.6 Å². The van der Waals surface area contributed by atoms with Crippen LogP contribution in [0.2, 0.25) is 0 Å². The van der Waals surface area contributed by atoms with E-state index in [4.69, 9.17) is 0 Å². The van der Waals surface area contributed by atoms with Crippen LogP contribution in [0.1, 0.15) is 76.7 Å². The maximum absolute atomic E-state index is 12.8. The number of phenolic OH excluding ortho intramolecular Hbond substituents is 1. The van der Waals surface area contributed by atoms with E-state index in [2.05, 4.69) is 0 Å². The Morgan fingerprint density at radius 3 is 1.93 bits per heavy atom. The predicted octanol–water partition coefficient (Wildman–Crippen LogP) is 6.05. The zero-order valence-corrected chi connectivity index (χ0v) is 18.9. The fourth-order valence-electron chi connectivity index (χ4n) is 3.71. The van der Waals surface area contributed by atoms with E-state index in [1.54, 1.807) is 36.4 Å². The third-order valence-corrected chi connectivity index (χ3v) is 7.29. The quantitative estimate of drug-likeness (QED) is 0.356. The van der Waals surface area contributed by atoms with Crippen LogP contribution in [0.15, 0.2) is 58.3 Å². The van der Waals surface area contributed by atoms with Crippen molar-refractivity contribution in [2.24, 2.45) is 0 Å². The number of hydrogen-bond donors (Lipinski definition) is 2. The molecule has 0 aliphatic heterocycles. The van der Waals surface area contributed by atoms with Crippen LogP contribution in [0, 0.1) is 0 Å². The zero-order chi connectivity index (χ0) is 21.8. The summed E-state index contributed by atoms with van der Waals surface area (Å²) in [6, 6.07) is 13.2. The molecule has 2 N–H and O–H groups in total. The minimum atomic E-state index is -3.71. The molecule has 1 atom stereocenters. The van der Waals surface area contributed by atoms with Gasteiger partial charge >= 0.3 is 0 Å². The Morgan fingerprint density at radius 1 is 0.767 bits per heavy atom. The third-order valence-electron chi connectivity index (χ3n) is 5.49. The molecule has 0 saturated heterocycles. The molecule has 2 rings (SSSR count). The van der Waals surface area contributed by atoms with Gasteiger partial charge in [-0.05, 0) is 49.9 Å². The number of benzene rings is 2. The fourth-order valence-corrected chi connectivity index (χ4v) is 5.12. The molecule has 0 amide bonds. The number of aliphatic hydroxyl groups is 1. The second-order valence-corrected chi connectivity index (χ2v) is 10.1. The van der Waals surface area contributed by atoms with Crippen molar-refractivity contribution in [3.05, 3.63) is 54.1 Å². The maximum atomic E-state index is 12.8. The Labute approximate surface area is 181 Å². The van der Waals surface area contributed by atoms with Gasteiger partial charge in [-0.3, -0.25) is 0 Å². The summed E-state index contributed by atoms with van der Waals surface area (Å²) in [6.45, 7) is 1.85. The number of aryl methyl sites for hydroxylation is 1. The van der Waals surface area contributed by atoms with Crippen LogP contribution in [0.3, 0.4) is 0 Å². The molecule has 0 heterocycles. The zero-order valence-electron chi connectivity index (χ0n) is 18.1. The van der Waals surface area contributed by atoms with E-state index in [0.29, 0.717) is 12.0 Å². The van der Waals surface area contributed by atoms with Crippen molar-refractivity contribution in [1.29, 1.82) is 0 Å². The van der Waals surface area contributed by atoms with Crippen molar-refractivity contribution >= 4 is 9.84 Å². The second-order valence-electron chi connectivity index (χ2n) is 8.15. The van der Waals surface area contributed by atoms with Crippen LogP contribution in [-0.2, 0) is 16.3 Å². The summed E-state index contributed by atoms with van der Waals surface area (Å²) in [6.07, 6.45) is 11.9. The molecule has 0 aromatic heterocycles. The molecule has 30 heavy (non-hydrogen) atoms. The average Bonchev–Trinajstić information content (AvgIpc) is 2.73. The second kappa shape index (κ2) is 12.8. The summed E-state index contributed by atoms with van der Waals surface area (Å²) in [7, 11) is -3.71. The first kappa shape index (κ1) is 24.4. The molecular weight excluding hydrogens is 396 g/mol. The summed E-state index contributed by atoms with van der Waals surface area (Å²) >= 11 is 0. The highest BCUT2D eigenvalue weighted by Gasteiger charge is 2.22. The lowest BCUT2D eigenvalue weighted by atomic mass is 10.0. The Kier molecular flexibility index (Phi) is 10.4. The van der Waals surface area contributed by atoms with Gasteiger partial charge in [0.25, 0.3) is 0 Å². The molecule has 5 heteroatoms. The van der Waals surface area contributed by atoms with E-state index < -0.39 is 9.84 Å². The third kappa shape index (κ3) is 7.77. The summed E-state index contributed by atoms with van der Waals surface area (Å²) < 4.78 is 25.6. The molecule has 1 unspecified atom stereocenters. The van der Waals surface area contributed by atoms with E-state index in [-0.39, 0.29) is 21.6 Å². The van der Waals surface area contributed by atoms with Gasteiger partial charge in [0.05, 0.1) is 11.0 Å². The molecular formula is C25H36O4S. The lowest BCUT2D eigenvalue weighted by molar-refractivity contribution is 0.180. The van der Waals surface area contributed by atoms with Crippen LogP contribution < -0.4 is 0 Å². The summed E-state index contributed by atoms with van der Waals surface area (Å²) in [4.78, 5) is 0.185. The first-order valence-electron chi connectivity index (χ1n) is 11.2. The number of aliphatic hydroxyl groups excluding tert-OH is 1. The monoisotopic (exact) mass is 432 g/mol. The number of para-hydroxylation sites is 1. The van der Waals surface area contributed by atoms with Gasteiger partial charge in [0.2, 0.25) is 9.84 Å². The molecule has 0 spiro atoms. The Morgan fingerprint density at radius 2 is 1.33 bits per heavy atom. The number of unbranched alkanes of at least 4 members (excludes halogenated alkanes) is 8. The minimum Gasteiger partial charge on any atom is -0.506 e. The highest BCUT2D eigenvalue weighted by Crippen LogP contribution is 2.32. The van der Waals surface area contributed by atoms with Gasteiger partial charge in [0, 0.05) is 0 Å². The molecule has 2 aromatic rings. The van der Waals surface area contributed by atoms with Gasteiger partial charge in [-0.1, -0.05) is 81.7 Å². The normalized spacial score (nSPS) is 12.7. The van der Waals surface area contributed by atoms with Crippen LogP contribution in [-0.4, -0.2) is 24.7 Å². The van der Waals surface area contributed by atoms with Gasteiger partial charge < -0.3 is 10.2 Å². The van der Waals surface area contributed by atoms with Gasteiger partial charge in [-0.2, -0.15) is 0 Å². The Bertz CT molecular complexity index is 845. The topological polar surface area (TPSA) is 74.6 Å². The number of rotatable bonds is 14. The highest BCUT2D eigenvalue weighted by molar-refractivity contribution is 7.91. The molecule has 0 radical (unpaired) electrons. The Hall–Kier alpha value is -1.85. The number of aromatic hydroxyl groups is 1. The first-order valence-corrected chi connectivity index (χ1v) is 12.7. The predicted molar refractivity (Wildman–Crippen MR) is 122 cm³/mol. The molecule has 2 aromatic carbocycles. The first-order chi connectivity index (χ1) is 14.4. The van der Waals surface area contributed by atoms with Crippen molar-refractivity contribution < 1.29 is 18.6 Å². The number of sulfone groups is 1. The standard InChI is InChI=1S/C25H36O4S/c1-21(26)15-10-7-5-3-2-4-6-8-11-16-22-17-14-20-24(25(22)27)30(28,29)23-18-12-9-13-19-23/h9,12-14,17-21,26-27H,2-8,10-11,15-16H2,1H3. The maximum Gasteiger partial charge on any atom is 0.210 e. The molecule has 0 saturated carbocycles. The molecule has 0 aliphatic rings. The van der Waals surface area contributed by atoms with Crippen molar-refractivity contribution in [3.8, 4) is 5.75 Å². The SMILES string of the molecule is CC(O)CCCCCCCCCCCc1cccc(S(=O)(=O)c2ccccc2)c1O. The fraction of sp³-hybridized carbons (Fsp3) is 0.520. The van der Waals surface area contributed by atoms with Gasteiger partial charge in [0.15, 0.2) is 0 Å². The van der Waals surface area contributed by atoms with E-state index in [0.717, 1.165) is 32.1 Å². The molecule has 0 fully saturated rings. The van der Waals surface area contributed by atoms with E-state index in [1.165, 1.54) is 38.2 Å². The largest absolute Gasteiger partial charge is 0.506 e. The lowest BCUT2D eigenvalue weighted by Crippen LogP contribution is -2.03.